The van der Waals surface area contributed by atoms with Crippen molar-refractivity contribution in [1.82, 2.24) is 5.32 Å². The Bertz CT molecular complexity index is 1170. The molecule has 4 N–H and O–H groups in total. The Kier molecular flexibility index (Phi) is 6.90. The van der Waals surface area contributed by atoms with E-state index in [1.807, 2.05) is 48.5 Å². The number of phenolic OH excluding ortho intramolecular Hbond substituents is 1. The number of nitrogens with one attached hydrogen (secondary N) is 1. The molecule has 2 atom stereocenters. The van der Waals surface area contributed by atoms with Gasteiger partial charge in [0.1, 0.15) is 12.7 Å². The van der Waals surface area contributed by atoms with Gasteiger partial charge in [-0.05, 0) is 46.4 Å². The molecule has 4 rings (SSSR count). The minimum absolute atomic E-state index is 0.00396. The van der Waals surface area contributed by atoms with Crippen LogP contribution < -0.4 is 5.32 Å². The fourth-order valence-corrected chi connectivity index (χ4v) is 4.25. The van der Waals surface area contributed by atoms with E-state index in [-0.39, 0.29) is 42.9 Å². The maximum absolute atomic E-state index is 13.7. The highest BCUT2D eigenvalue weighted by molar-refractivity contribution is 5.80. The molecule has 3 aromatic rings. The largest absolute Gasteiger partial charge is 0.504 e. The molecule has 34 heavy (non-hydrogen) atoms. The molecule has 7 nitrogen and oxygen atoms in total. The van der Waals surface area contributed by atoms with Crippen LogP contribution in [-0.4, -0.2) is 47.0 Å². The minimum Gasteiger partial charge on any atom is -0.504 e. The van der Waals surface area contributed by atoms with Gasteiger partial charge in [-0.2, -0.15) is 0 Å². The number of aliphatic hydroxyl groups excluding tert-OH is 2. The summed E-state index contributed by atoms with van der Waals surface area (Å²) in [6, 6.07) is 17.9. The summed E-state index contributed by atoms with van der Waals surface area (Å²) in [5.74, 6) is -1.98. The number of hydrogen-bond acceptors (Lipinski definition) is 6. The SMILES string of the molecule is O=Cc1cc(C(O)C(O)CCNC(=O)OCC2c3ccccc3-c3ccccc32)cc(F)c1O. The van der Waals surface area contributed by atoms with Crippen LogP contribution in [0.4, 0.5) is 9.18 Å². The van der Waals surface area contributed by atoms with Crippen molar-refractivity contribution in [2.45, 2.75) is 24.5 Å². The van der Waals surface area contributed by atoms with Crippen LogP contribution in [0.15, 0.2) is 60.7 Å². The molecule has 0 bridgehead atoms. The lowest BCUT2D eigenvalue weighted by Crippen LogP contribution is -2.30. The highest BCUT2D eigenvalue weighted by Crippen LogP contribution is 2.44. The summed E-state index contributed by atoms with van der Waals surface area (Å²) in [5, 5.41) is 32.5. The molecule has 0 aliphatic heterocycles. The molecular formula is C26H24FNO6. The van der Waals surface area contributed by atoms with Gasteiger partial charge in [-0.15, -0.1) is 0 Å². The molecule has 0 spiro atoms. The van der Waals surface area contributed by atoms with Crippen LogP contribution in [0, 0.1) is 5.82 Å². The molecule has 8 heteroatoms. The quantitative estimate of drug-likeness (QED) is 0.377. The molecule has 1 aliphatic carbocycles. The summed E-state index contributed by atoms with van der Waals surface area (Å²) in [7, 11) is 0. The van der Waals surface area contributed by atoms with Crippen LogP contribution in [0.5, 0.6) is 5.75 Å². The van der Waals surface area contributed by atoms with E-state index in [0.29, 0.717) is 0 Å². The van der Waals surface area contributed by atoms with Crippen molar-refractivity contribution < 1.29 is 34.0 Å². The fraction of sp³-hybridized carbons (Fsp3) is 0.231. The van der Waals surface area contributed by atoms with Crippen molar-refractivity contribution in [3.05, 3.63) is 88.7 Å². The number of amides is 1. The summed E-state index contributed by atoms with van der Waals surface area (Å²) in [5.41, 5.74) is 4.01. The van der Waals surface area contributed by atoms with E-state index in [4.69, 9.17) is 4.74 Å². The third-order valence-electron chi connectivity index (χ3n) is 6.00. The first-order valence-electron chi connectivity index (χ1n) is 10.8. The van der Waals surface area contributed by atoms with Crippen LogP contribution in [0.2, 0.25) is 0 Å². The van der Waals surface area contributed by atoms with E-state index in [1.165, 1.54) is 0 Å². The van der Waals surface area contributed by atoms with Gasteiger partial charge in [0.15, 0.2) is 17.9 Å². The average Bonchev–Trinajstić information content (AvgIpc) is 3.17. The van der Waals surface area contributed by atoms with Gasteiger partial charge >= 0.3 is 6.09 Å². The van der Waals surface area contributed by atoms with Gasteiger partial charge in [-0.25, -0.2) is 9.18 Å². The van der Waals surface area contributed by atoms with E-state index in [1.54, 1.807) is 0 Å². The zero-order valence-corrected chi connectivity index (χ0v) is 18.1. The zero-order valence-electron chi connectivity index (χ0n) is 18.1. The number of hydrogen-bond donors (Lipinski definition) is 4. The maximum Gasteiger partial charge on any atom is 0.407 e. The highest BCUT2D eigenvalue weighted by atomic mass is 19.1. The van der Waals surface area contributed by atoms with Crippen molar-refractivity contribution in [3.8, 4) is 16.9 Å². The number of alkyl carbamates (subject to hydrolysis) is 1. The number of phenols is 1. The number of halogens is 1. The molecule has 0 saturated carbocycles. The predicted molar refractivity (Wildman–Crippen MR) is 122 cm³/mol. The Labute approximate surface area is 195 Å². The lowest BCUT2D eigenvalue weighted by atomic mass is 9.98. The summed E-state index contributed by atoms with van der Waals surface area (Å²) in [6.45, 7) is 0.141. The summed E-state index contributed by atoms with van der Waals surface area (Å²) < 4.78 is 19.1. The van der Waals surface area contributed by atoms with Crippen molar-refractivity contribution in [2.75, 3.05) is 13.2 Å². The lowest BCUT2D eigenvalue weighted by Gasteiger charge is -2.19. The lowest BCUT2D eigenvalue weighted by molar-refractivity contribution is 0.0134. The number of benzene rings is 3. The number of carbonyl (C=O) groups is 2. The van der Waals surface area contributed by atoms with Crippen LogP contribution in [0.1, 0.15) is 45.5 Å². The third kappa shape index (κ3) is 4.64. The molecule has 0 fully saturated rings. The zero-order chi connectivity index (χ0) is 24.2. The molecule has 1 amide bonds. The van der Waals surface area contributed by atoms with E-state index in [0.717, 1.165) is 34.4 Å². The van der Waals surface area contributed by atoms with E-state index in [2.05, 4.69) is 5.32 Å². The number of aldehydes is 1. The molecule has 0 saturated heterocycles. The van der Waals surface area contributed by atoms with Gasteiger partial charge in [0.2, 0.25) is 0 Å². The van der Waals surface area contributed by atoms with E-state index in [9.17, 15) is 29.3 Å². The number of fused-ring (bicyclic) bond motifs is 3. The monoisotopic (exact) mass is 465 g/mol. The fourth-order valence-electron chi connectivity index (χ4n) is 4.25. The molecule has 0 heterocycles. The number of rotatable bonds is 8. The molecule has 0 aromatic heterocycles. The second-order valence-corrected chi connectivity index (χ2v) is 8.11. The maximum atomic E-state index is 13.7. The van der Waals surface area contributed by atoms with Gasteiger partial charge in [0.25, 0.3) is 0 Å². The summed E-state index contributed by atoms with van der Waals surface area (Å²) in [6.07, 6.45) is -3.33. The molecular weight excluding hydrogens is 441 g/mol. The minimum atomic E-state index is -1.52. The van der Waals surface area contributed by atoms with Gasteiger partial charge in [-0.3, -0.25) is 4.79 Å². The molecule has 3 aromatic carbocycles. The van der Waals surface area contributed by atoms with Gasteiger partial charge in [-0.1, -0.05) is 48.5 Å². The number of carbonyl (C=O) groups excluding carboxylic acids is 2. The smallest absolute Gasteiger partial charge is 0.407 e. The third-order valence-corrected chi connectivity index (χ3v) is 6.00. The van der Waals surface area contributed by atoms with Crippen molar-refractivity contribution in [3.63, 3.8) is 0 Å². The summed E-state index contributed by atoms with van der Waals surface area (Å²) >= 11 is 0. The van der Waals surface area contributed by atoms with Crippen LogP contribution in [0.25, 0.3) is 11.1 Å². The normalized spacial score (nSPS) is 14.1. The number of ether oxygens (including phenoxy) is 1. The number of aliphatic hydroxyl groups is 2. The van der Waals surface area contributed by atoms with Crippen LogP contribution >= 0.6 is 0 Å². The first-order chi connectivity index (χ1) is 16.4. The Morgan fingerprint density at radius 3 is 2.29 bits per heavy atom. The van der Waals surface area contributed by atoms with Crippen molar-refractivity contribution >= 4 is 12.4 Å². The second kappa shape index (κ2) is 10.0. The van der Waals surface area contributed by atoms with Crippen LogP contribution in [-0.2, 0) is 4.74 Å². The first-order valence-corrected chi connectivity index (χ1v) is 10.8. The van der Waals surface area contributed by atoms with Gasteiger partial charge < -0.3 is 25.4 Å². The van der Waals surface area contributed by atoms with Crippen molar-refractivity contribution in [1.29, 1.82) is 0 Å². The van der Waals surface area contributed by atoms with Gasteiger partial charge in [0.05, 0.1) is 11.7 Å². The molecule has 176 valence electrons. The Balaban J connectivity index is 1.30. The highest BCUT2D eigenvalue weighted by Gasteiger charge is 2.29. The van der Waals surface area contributed by atoms with Crippen molar-refractivity contribution in [2.24, 2.45) is 0 Å². The first kappa shape index (κ1) is 23.4. The average molecular weight is 465 g/mol. The molecule has 1 aliphatic rings. The topological polar surface area (TPSA) is 116 Å². The second-order valence-electron chi connectivity index (χ2n) is 8.11. The van der Waals surface area contributed by atoms with E-state index >= 15 is 0 Å². The predicted octanol–water partition coefficient (Wildman–Crippen LogP) is 3.67. The van der Waals surface area contributed by atoms with Crippen LogP contribution in [0.3, 0.4) is 0 Å². The molecule has 0 radical (unpaired) electrons. The standard InChI is InChI=1S/C26H24FNO6/c27-22-12-15(11-16(13-29)24(22)31)25(32)23(30)9-10-28-26(33)34-14-21-19-7-3-1-5-17(19)18-6-2-4-8-20(18)21/h1-8,11-13,21,23,25,30-32H,9-10,14H2,(H,28,33). The van der Waals surface area contributed by atoms with Gasteiger partial charge in [0, 0.05) is 12.5 Å². The number of aromatic hydroxyl groups is 1. The Morgan fingerprint density at radius 1 is 1.06 bits per heavy atom. The Hall–Kier alpha value is -3.75. The molecule has 2 unspecified atom stereocenters. The summed E-state index contributed by atoms with van der Waals surface area (Å²) in [4.78, 5) is 23.1. The Morgan fingerprint density at radius 2 is 1.68 bits per heavy atom. The van der Waals surface area contributed by atoms with E-state index < -0.39 is 29.9 Å².